The summed E-state index contributed by atoms with van der Waals surface area (Å²) in [6, 6.07) is 17.3. The van der Waals surface area contributed by atoms with Gasteiger partial charge in [-0.1, -0.05) is 18.2 Å². The molecule has 1 saturated heterocycles. The average molecular weight is 512 g/mol. The summed E-state index contributed by atoms with van der Waals surface area (Å²) in [6.07, 6.45) is 9.89. The minimum absolute atomic E-state index is 0.137. The second kappa shape index (κ2) is 11.4. The maximum Gasteiger partial charge on any atom is 0.254 e. The van der Waals surface area contributed by atoms with Gasteiger partial charge in [0.05, 0.1) is 6.04 Å². The van der Waals surface area contributed by atoms with Crippen LogP contribution >= 0.6 is 0 Å². The number of piperidine rings is 1. The van der Waals surface area contributed by atoms with E-state index in [1.807, 2.05) is 64.2 Å². The number of carbonyl (C=O) groups excluding carboxylic acids is 2. The number of terminal acetylenes is 1. The number of nitrogens with one attached hydrogen (secondary N) is 1. The Morgan fingerprint density at radius 3 is 2.45 bits per heavy atom. The van der Waals surface area contributed by atoms with Crippen molar-refractivity contribution in [1.82, 2.24) is 14.7 Å². The molecule has 1 unspecified atom stereocenters. The molecule has 3 N–H and O–H groups in total. The number of primary amides is 1. The van der Waals surface area contributed by atoms with Crippen molar-refractivity contribution in [2.24, 2.45) is 11.7 Å². The molecule has 3 heterocycles. The molecule has 3 aromatic rings. The Morgan fingerprint density at radius 2 is 1.76 bits per heavy atom. The highest BCUT2D eigenvalue weighted by molar-refractivity contribution is 6.03. The summed E-state index contributed by atoms with van der Waals surface area (Å²) in [6.45, 7) is 2.21. The Morgan fingerprint density at radius 1 is 1.05 bits per heavy atom. The van der Waals surface area contributed by atoms with E-state index in [2.05, 4.69) is 11.2 Å². The summed E-state index contributed by atoms with van der Waals surface area (Å²) in [4.78, 5) is 27.1. The zero-order valence-corrected chi connectivity index (χ0v) is 21.4. The Labute approximate surface area is 223 Å². The number of anilines is 1. The van der Waals surface area contributed by atoms with Crippen molar-refractivity contribution in [3.8, 4) is 35.1 Å². The number of carbonyl (C=O) groups is 2. The van der Waals surface area contributed by atoms with Crippen LogP contribution in [0.15, 0.2) is 54.6 Å². The van der Waals surface area contributed by atoms with Crippen molar-refractivity contribution in [2.45, 2.75) is 44.6 Å². The Bertz CT molecular complexity index is 1320. The molecule has 8 heteroatoms. The lowest BCUT2D eigenvalue weighted by Gasteiger charge is -2.38. The van der Waals surface area contributed by atoms with Crippen molar-refractivity contribution < 1.29 is 14.3 Å². The van der Waals surface area contributed by atoms with Crippen molar-refractivity contribution >= 4 is 17.6 Å². The van der Waals surface area contributed by atoms with Gasteiger partial charge in [-0.2, -0.15) is 5.10 Å². The molecule has 0 spiro atoms. The number of para-hydroxylation sites is 1. The highest BCUT2D eigenvalue weighted by atomic mass is 16.5. The number of benzene rings is 2. The molecular weight excluding hydrogens is 478 g/mol. The van der Waals surface area contributed by atoms with Gasteiger partial charge >= 0.3 is 0 Å². The number of amides is 2. The van der Waals surface area contributed by atoms with E-state index in [0.29, 0.717) is 41.6 Å². The van der Waals surface area contributed by atoms with E-state index >= 15 is 0 Å². The zero-order valence-electron chi connectivity index (χ0n) is 21.4. The number of nitrogens with two attached hydrogens (primary N) is 1. The van der Waals surface area contributed by atoms with Gasteiger partial charge in [0.1, 0.15) is 28.6 Å². The molecule has 1 aromatic heterocycles. The largest absolute Gasteiger partial charge is 0.457 e. The summed E-state index contributed by atoms with van der Waals surface area (Å²) < 4.78 is 7.87. The lowest BCUT2D eigenvalue weighted by molar-refractivity contribution is -0.132. The molecule has 2 amide bonds. The summed E-state index contributed by atoms with van der Waals surface area (Å²) in [5.41, 5.74) is 7.64. The van der Waals surface area contributed by atoms with Gasteiger partial charge in [-0.3, -0.25) is 9.59 Å². The number of nitrogens with zero attached hydrogens (tertiary/aromatic N) is 3. The quantitative estimate of drug-likeness (QED) is 0.333. The number of likely N-dealkylation sites (tertiary alicyclic amines) is 1. The normalized spacial score (nSPS) is 17.2. The predicted octanol–water partition coefficient (Wildman–Crippen LogP) is 4.84. The number of unbranched alkanes of at least 4 members (excludes halogenated alkanes) is 1. The van der Waals surface area contributed by atoms with E-state index in [1.54, 1.807) is 0 Å². The van der Waals surface area contributed by atoms with Crippen molar-refractivity contribution in [3.63, 3.8) is 0 Å². The maximum absolute atomic E-state index is 12.6. The zero-order chi connectivity index (χ0) is 26.5. The first-order valence-corrected chi connectivity index (χ1v) is 13.3. The molecule has 2 aliphatic rings. The van der Waals surface area contributed by atoms with E-state index in [-0.39, 0.29) is 11.9 Å². The van der Waals surface area contributed by atoms with Gasteiger partial charge < -0.3 is 20.7 Å². The third kappa shape index (κ3) is 5.37. The van der Waals surface area contributed by atoms with Crippen LogP contribution in [0, 0.1) is 18.3 Å². The highest BCUT2D eigenvalue weighted by Crippen LogP contribution is 2.40. The Balaban J connectivity index is 1.34. The molecule has 2 aromatic carbocycles. The van der Waals surface area contributed by atoms with Gasteiger partial charge in [0.2, 0.25) is 5.91 Å². The van der Waals surface area contributed by atoms with E-state index < -0.39 is 5.91 Å². The standard InChI is InChI=1S/C30H33N5O3/c1-2-3-5-10-26(36)34-19-16-21(17-20-34)25-15-18-32-30-27(29(31)37)28(33-35(25)30)22-11-13-24(14-12-22)38-23-8-6-4-7-9-23/h1,4,6-9,11-14,21,25,32H,3,5,10,15-20H2,(H2,31,37). The van der Waals surface area contributed by atoms with Crippen LogP contribution in [0.1, 0.15) is 54.9 Å². The monoisotopic (exact) mass is 511 g/mol. The molecule has 38 heavy (non-hydrogen) atoms. The molecule has 0 aliphatic carbocycles. The molecule has 0 radical (unpaired) electrons. The molecule has 196 valence electrons. The Hall–Kier alpha value is -4.25. The van der Waals surface area contributed by atoms with Gasteiger partial charge in [-0.15, -0.1) is 12.3 Å². The number of aromatic nitrogens is 2. The van der Waals surface area contributed by atoms with Gasteiger partial charge in [-0.05, 0) is 68.0 Å². The molecule has 0 bridgehead atoms. The van der Waals surface area contributed by atoms with E-state index in [0.717, 1.165) is 56.6 Å². The minimum atomic E-state index is -0.508. The first-order valence-electron chi connectivity index (χ1n) is 13.3. The highest BCUT2D eigenvalue weighted by Gasteiger charge is 2.35. The van der Waals surface area contributed by atoms with Crippen LogP contribution in [0.5, 0.6) is 11.5 Å². The number of hydrogen-bond donors (Lipinski definition) is 2. The van der Waals surface area contributed by atoms with E-state index in [9.17, 15) is 9.59 Å². The van der Waals surface area contributed by atoms with Crippen molar-refractivity contribution in [3.05, 3.63) is 60.2 Å². The summed E-state index contributed by atoms with van der Waals surface area (Å²) in [5, 5.41) is 8.30. The van der Waals surface area contributed by atoms with Crippen LogP contribution < -0.4 is 15.8 Å². The molecular formula is C30H33N5O3. The van der Waals surface area contributed by atoms with Gasteiger partial charge in [-0.25, -0.2) is 4.68 Å². The predicted molar refractivity (Wildman–Crippen MR) is 147 cm³/mol. The number of hydrogen-bond acceptors (Lipinski definition) is 5. The fourth-order valence-corrected chi connectivity index (χ4v) is 5.51. The third-order valence-electron chi connectivity index (χ3n) is 7.46. The lowest BCUT2D eigenvalue weighted by atomic mass is 9.86. The number of ether oxygens (including phenoxy) is 1. The molecule has 1 atom stereocenters. The van der Waals surface area contributed by atoms with Gasteiger partial charge in [0.15, 0.2) is 0 Å². The van der Waals surface area contributed by atoms with Crippen LogP contribution in [-0.2, 0) is 4.79 Å². The van der Waals surface area contributed by atoms with Crippen molar-refractivity contribution in [2.75, 3.05) is 25.0 Å². The van der Waals surface area contributed by atoms with E-state index in [1.165, 1.54) is 0 Å². The smallest absolute Gasteiger partial charge is 0.254 e. The molecule has 0 saturated carbocycles. The lowest BCUT2D eigenvalue weighted by Crippen LogP contribution is -2.41. The second-order valence-corrected chi connectivity index (χ2v) is 9.88. The van der Waals surface area contributed by atoms with Crippen LogP contribution in [0.2, 0.25) is 0 Å². The molecule has 1 fully saturated rings. The average Bonchev–Trinajstić information content (AvgIpc) is 3.34. The fourth-order valence-electron chi connectivity index (χ4n) is 5.51. The molecule has 5 rings (SSSR count). The Kier molecular flexibility index (Phi) is 7.64. The van der Waals surface area contributed by atoms with Crippen molar-refractivity contribution in [1.29, 1.82) is 0 Å². The number of rotatable bonds is 8. The molecule has 2 aliphatic heterocycles. The van der Waals surface area contributed by atoms with Crippen LogP contribution in [0.4, 0.5) is 5.82 Å². The topological polar surface area (TPSA) is 102 Å². The van der Waals surface area contributed by atoms with Crippen LogP contribution in [0.3, 0.4) is 0 Å². The first-order chi connectivity index (χ1) is 18.5. The number of fused-ring (bicyclic) bond motifs is 1. The maximum atomic E-state index is 12.6. The summed E-state index contributed by atoms with van der Waals surface area (Å²) in [5.74, 6) is 4.76. The minimum Gasteiger partial charge on any atom is -0.457 e. The summed E-state index contributed by atoms with van der Waals surface area (Å²) in [7, 11) is 0. The fraction of sp³-hybridized carbons (Fsp3) is 0.367. The van der Waals surface area contributed by atoms with Gasteiger partial charge in [0.25, 0.3) is 5.91 Å². The third-order valence-corrected chi connectivity index (χ3v) is 7.46. The van der Waals surface area contributed by atoms with Crippen LogP contribution in [-0.4, -0.2) is 46.1 Å². The SMILES string of the molecule is C#CCCCC(=O)N1CCC(C2CCNc3c(C(N)=O)c(-c4ccc(Oc5ccccc5)cc4)nn32)CC1. The van der Waals surface area contributed by atoms with Gasteiger partial charge in [0, 0.05) is 38.0 Å². The second-order valence-electron chi connectivity index (χ2n) is 9.88. The first kappa shape index (κ1) is 25.4. The summed E-state index contributed by atoms with van der Waals surface area (Å²) >= 11 is 0. The molecule has 8 nitrogen and oxygen atoms in total. The van der Waals surface area contributed by atoms with Crippen LogP contribution in [0.25, 0.3) is 11.3 Å². The van der Waals surface area contributed by atoms with E-state index in [4.69, 9.17) is 22.0 Å².